The molecule has 0 fully saturated rings. The molecule has 0 aromatic heterocycles. The summed E-state index contributed by atoms with van der Waals surface area (Å²) < 4.78 is 5.49. The molecule has 0 radical (unpaired) electrons. The third kappa shape index (κ3) is 63.0. The number of aliphatic hydroxyl groups is 2. The van der Waals surface area contributed by atoms with Gasteiger partial charge in [-0.2, -0.15) is 0 Å². The summed E-state index contributed by atoms with van der Waals surface area (Å²) in [5.74, 6) is -0.0752. The lowest BCUT2D eigenvalue weighted by atomic mass is 10.0. The minimum Gasteiger partial charge on any atom is -0.466 e. The Bertz CT molecular complexity index is 1310. The van der Waals surface area contributed by atoms with Crippen LogP contribution < -0.4 is 5.32 Å². The molecule has 2 unspecified atom stereocenters. The molecule has 0 aliphatic carbocycles. The first-order valence-electron chi connectivity index (χ1n) is 34.9. The zero-order chi connectivity index (χ0) is 56.4. The van der Waals surface area contributed by atoms with Crippen LogP contribution in [0.2, 0.25) is 0 Å². The molecule has 1 amide bonds. The number of nitrogens with one attached hydrogen (secondary N) is 1. The SMILES string of the molecule is CCCCCC/C=C\C/C=C\CCCCCCCCCC(=O)OCCCCCCCCCCC/C=C\CCCCCCCCCC(=O)NC(CO)C(O)/C=C/CCCCCCCCCCCCCCCCCCCCCCC. The van der Waals surface area contributed by atoms with Gasteiger partial charge < -0.3 is 20.3 Å². The standard InChI is InChI=1S/C72H135NO5/c1-3-5-7-9-11-13-15-17-19-21-23-24-25-26-29-32-36-40-44-48-52-56-60-64-70(75)69(68-74)73-71(76)65-61-57-53-49-45-41-37-33-30-27-28-31-35-39-43-47-51-55-59-63-67-78-72(77)66-62-58-54-50-46-42-38-34-22-20-18-16-14-12-10-8-6-4-2/h14,16,20,22,27,30,60,64,69-70,74-75H,3-13,15,17-19,21,23-26,28-29,31-59,61-63,65-68H2,1-2H3,(H,73,76)/b16-14-,22-20-,30-27-,64-60+. The van der Waals surface area contributed by atoms with Crippen LogP contribution in [-0.4, -0.2) is 47.4 Å². The first-order chi connectivity index (χ1) is 38.5. The van der Waals surface area contributed by atoms with Crippen LogP contribution in [0.4, 0.5) is 0 Å². The van der Waals surface area contributed by atoms with Crippen LogP contribution in [0.1, 0.15) is 373 Å². The number of ether oxygens (including phenoxy) is 1. The van der Waals surface area contributed by atoms with Gasteiger partial charge in [-0.25, -0.2) is 0 Å². The van der Waals surface area contributed by atoms with Crippen LogP contribution in [-0.2, 0) is 14.3 Å². The molecule has 0 spiro atoms. The lowest BCUT2D eigenvalue weighted by Crippen LogP contribution is -2.45. The van der Waals surface area contributed by atoms with Crippen molar-refractivity contribution >= 4 is 11.9 Å². The van der Waals surface area contributed by atoms with Crippen LogP contribution in [0.5, 0.6) is 0 Å². The average molecular weight is 1090 g/mol. The normalized spacial score (nSPS) is 12.8. The second kappa shape index (κ2) is 67.3. The molecule has 0 aromatic carbocycles. The lowest BCUT2D eigenvalue weighted by Gasteiger charge is -2.20. The Kier molecular flexibility index (Phi) is 65.4. The highest BCUT2D eigenvalue weighted by molar-refractivity contribution is 5.76. The third-order valence-corrected chi connectivity index (χ3v) is 16.1. The number of carbonyl (C=O) groups excluding carboxylic acids is 2. The molecular weight excluding hydrogens is 959 g/mol. The van der Waals surface area contributed by atoms with Crippen LogP contribution in [0.15, 0.2) is 48.6 Å². The van der Waals surface area contributed by atoms with Crippen molar-refractivity contribution in [2.24, 2.45) is 0 Å². The van der Waals surface area contributed by atoms with Crippen molar-refractivity contribution < 1.29 is 24.5 Å². The van der Waals surface area contributed by atoms with E-state index in [4.69, 9.17) is 4.74 Å². The monoisotopic (exact) mass is 1090 g/mol. The number of unbranched alkanes of at least 4 members (excludes halogenated alkanes) is 48. The maximum atomic E-state index is 12.5. The van der Waals surface area contributed by atoms with Crippen molar-refractivity contribution in [3.05, 3.63) is 48.6 Å². The first kappa shape index (κ1) is 75.8. The number of rotatable bonds is 65. The molecule has 6 nitrogen and oxygen atoms in total. The van der Waals surface area contributed by atoms with Crippen molar-refractivity contribution in [3.8, 4) is 0 Å². The quantitative estimate of drug-likeness (QED) is 0.0320. The zero-order valence-corrected chi connectivity index (χ0v) is 52.4. The lowest BCUT2D eigenvalue weighted by molar-refractivity contribution is -0.143. The van der Waals surface area contributed by atoms with Crippen LogP contribution in [0, 0.1) is 0 Å². The summed E-state index contributed by atoms with van der Waals surface area (Å²) in [5, 5.41) is 23.3. The van der Waals surface area contributed by atoms with Gasteiger partial charge in [0, 0.05) is 12.8 Å². The average Bonchev–Trinajstić information content (AvgIpc) is 3.44. The molecular formula is C72H135NO5. The van der Waals surface area contributed by atoms with E-state index in [0.717, 1.165) is 57.8 Å². The molecule has 0 bridgehead atoms. The minimum absolute atomic E-state index is 0.00145. The summed E-state index contributed by atoms with van der Waals surface area (Å²) >= 11 is 0. The summed E-state index contributed by atoms with van der Waals surface area (Å²) in [6.07, 6.45) is 87.4. The molecule has 0 aliphatic rings. The van der Waals surface area contributed by atoms with Gasteiger partial charge in [-0.15, -0.1) is 0 Å². The van der Waals surface area contributed by atoms with E-state index in [0.29, 0.717) is 19.4 Å². The van der Waals surface area contributed by atoms with Gasteiger partial charge in [0.25, 0.3) is 0 Å². The molecule has 0 rings (SSSR count). The number of carbonyl (C=O) groups is 2. The Morgan fingerprint density at radius 3 is 1.00 bits per heavy atom. The van der Waals surface area contributed by atoms with E-state index in [9.17, 15) is 19.8 Å². The summed E-state index contributed by atoms with van der Waals surface area (Å²) in [4.78, 5) is 24.6. The highest BCUT2D eigenvalue weighted by Crippen LogP contribution is 2.18. The second-order valence-electron chi connectivity index (χ2n) is 23.9. The molecule has 78 heavy (non-hydrogen) atoms. The molecule has 3 N–H and O–H groups in total. The molecule has 6 heteroatoms. The van der Waals surface area contributed by atoms with Crippen LogP contribution >= 0.6 is 0 Å². The first-order valence-corrected chi connectivity index (χ1v) is 34.9. The van der Waals surface area contributed by atoms with Crippen molar-refractivity contribution in [1.82, 2.24) is 5.32 Å². The number of esters is 1. The Hall–Kier alpha value is -2.18. The zero-order valence-electron chi connectivity index (χ0n) is 52.4. The largest absolute Gasteiger partial charge is 0.466 e. The maximum Gasteiger partial charge on any atom is 0.305 e. The van der Waals surface area contributed by atoms with E-state index in [1.807, 2.05) is 6.08 Å². The highest BCUT2D eigenvalue weighted by atomic mass is 16.5. The van der Waals surface area contributed by atoms with Crippen LogP contribution in [0.3, 0.4) is 0 Å². The molecule has 2 atom stereocenters. The van der Waals surface area contributed by atoms with E-state index >= 15 is 0 Å². The highest BCUT2D eigenvalue weighted by Gasteiger charge is 2.18. The number of hydrogen-bond acceptors (Lipinski definition) is 5. The maximum absolute atomic E-state index is 12.5. The molecule has 0 saturated carbocycles. The number of aliphatic hydroxyl groups excluding tert-OH is 2. The number of hydrogen-bond donors (Lipinski definition) is 3. The topological polar surface area (TPSA) is 95.9 Å². The molecule has 458 valence electrons. The third-order valence-electron chi connectivity index (χ3n) is 16.1. The fraction of sp³-hybridized carbons (Fsp3) is 0.861. The van der Waals surface area contributed by atoms with Gasteiger partial charge in [0.05, 0.1) is 25.4 Å². The number of allylic oxidation sites excluding steroid dienone is 7. The van der Waals surface area contributed by atoms with Gasteiger partial charge in [0.15, 0.2) is 0 Å². The van der Waals surface area contributed by atoms with Gasteiger partial charge in [-0.3, -0.25) is 9.59 Å². The van der Waals surface area contributed by atoms with E-state index in [1.165, 1.54) is 289 Å². The smallest absolute Gasteiger partial charge is 0.305 e. The molecule has 0 saturated heterocycles. The Morgan fingerprint density at radius 1 is 0.359 bits per heavy atom. The van der Waals surface area contributed by atoms with E-state index in [-0.39, 0.29) is 18.5 Å². The van der Waals surface area contributed by atoms with E-state index in [2.05, 4.69) is 55.6 Å². The Balaban J connectivity index is 3.46. The summed E-state index contributed by atoms with van der Waals surface area (Å²) in [6, 6.07) is -0.637. The van der Waals surface area contributed by atoms with Gasteiger partial charge in [-0.05, 0) is 89.9 Å². The minimum atomic E-state index is -0.853. The van der Waals surface area contributed by atoms with Crippen molar-refractivity contribution in [2.45, 2.75) is 386 Å². The number of amides is 1. The van der Waals surface area contributed by atoms with Gasteiger partial charge >= 0.3 is 5.97 Å². The Labute approximate surface area is 486 Å². The fourth-order valence-corrected chi connectivity index (χ4v) is 10.7. The molecule has 0 heterocycles. The molecule has 0 aliphatic heterocycles. The summed E-state index contributed by atoms with van der Waals surface area (Å²) in [7, 11) is 0. The predicted octanol–water partition coefficient (Wildman–Crippen LogP) is 22.5. The van der Waals surface area contributed by atoms with E-state index in [1.54, 1.807) is 6.08 Å². The summed E-state index contributed by atoms with van der Waals surface area (Å²) in [5.41, 5.74) is 0. The predicted molar refractivity (Wildman–Crippen MR) is 342 cm³/mol. The molecule has 0 aromatic rings. The fourth-order valence-electron chi connectivity index (χ4n) is 10.7. The second-order valence-corrected chi connectivity index (χ2v) is 23.9. The van der Waals surface area contributed by atoms with Gasteiger partial charge in [-0.1, -0.05) is 319 Å². The van der Waals surface area contributed by atoms with Crippen LogP contribution in [0.25, 0.3) is 0 Å². The van der Waals surface area contributed by atoms with Gasteiger partial charge in [0.2, 0.25) is 5.91 Å². The summed E-state index contributed by atoms with van der Waals surface area (Å²) in [6.45, 7) is 4.90. The van der Waals surface area contributed by atoms with Crippen molar-refractivity contribution in [1.29, 1.82) is 0 Å². The Morgan fingerprint density at radius 2 is 0.641 bits per heavy atom. The van der Waals surface area contributed by atoms with Gasteiger partial charge in [0.1, 0.15) is 0 Å². The van der Waals surface area contributed by atoms with E-state index < -0.39 is 12.1 Å². The van der Waals surface area contributed by atoms with Crippen molar-refractivity contribution in [2.75, 3.05) is 13.2 Å². The van der Waals surface area contributed by atoms with Crippen molar-refractivity contribution in [3.63, 3.8) is 0 Å².